The fourth-order valence-electron chi connectivity index (χ4n) is 3.57. The summed E-state index contributed by atoms with van der Waals surface area (Å²) in [5.41, 5.74) is 1.08. The number of hydrogen-bond donors (Lipinski definition) is 2. The van der Waals surface area contributed by atoms with E-state index in [9.17, 15) is 4.79 Å². The standard InChI is InChI=1S/C17H26N4O/c1-18-16-10-15(19-11-20-16)13-8-14(9-13)21-17(22)12-6-4-2-3-5-7-12/h10-14H,2-9H2,1H3,(H,21,22)(H,18,19,20). The zero-order valence-electron chi connectivity index (χ0n) is 13.3. The molecule has 0 aromatic carbocycles. The third-order valence-corrected chi connectivity index (χ3v) is 5.07. The normalized spacial score (nSPS) is 25.9. The van der Waals surface area contributed by atoms with Crippen LogP contribution in [0.1, 0.15) is 63.0 Å². The summed E-state index contributed by atoms with van der Waals surface area (Å²) in [5, 5.41) is 6.29. The van der Waals surface area contributed by atoms with E-state index >= 15 is 0 Å². The molecule has 1 aromatic heterocycles. The number of hydrogen-bond acceptors (Lipinski definition) is 4. The molecular formula is C17H26N4O. The number of nitrogens with zero attached hydrogens (tertiary/aromatic N) is 2. The van der Waals surface area contributed by atoms with Crippen LogP contribution in [0.4, 0.5) is 5.82 Å². The van der Waals surface area contributed by atoms with Crippen molar-refractivity contribution in [2.75, 3.05) is 12.4 Å². The van der Waals surface area contributed by atoms with Gasteiger partial charge in [-0.25, -0.2) is 9.97 Å². The Labute approximate surface area is 132 Å². The van der Waals surface area contributed by atoms with Crippen LogP contribution in [0.3, 0.4) is 0 Å². The maximum atomic E-state index is 12.4. The molecular weight excluding hydrogens is 276 g/mol. The summed E-state index contributed by atoms with van der Waals surface area (Å²) >= 11 is 0. The van der Waals surface area contributed by atoms with Crippen molar-refractivity contribution in [1.29, 1.82) is 0 Å². The van der Waals surface area contributed by atoms with Crippen molar-refractivity contribution in [2.24, 2.45) is 5.92 Å². The second-order valence-electron chi connectivity index (χ2n) is 6.64. The van der Waals surface area contributed by atoms with Crippen molar-refractivity contribution < 1.29 is 4.79 Å². The van der Waals surface area contributed by atoms with Gasteiger partial charge in [-0.15, -0.1) is 0 Å². The minimum Gasteiger partial charge on any atom is -0.373 e. The minimum atomic E-state index is 0.247. The molecule has 0 bridgehead atoms. The van der Waals surface area contributed by atoms with Gasteiger partial charge in [0.15, 0.2) is 0 Å². The summed E-state index contributed by atoms with van der Waals surface area (Å²) in [6, 6.07) is 2.34. The number of carbonyl (C=O) groups is 1. The van der Waals surface area contributed by atoms with Crippen molar-refractivity contribution in [3.8, 4) is 0 Å². The fourth-order valence-corrected chi connectivity index (χ4v) is 3.57. The Morgan fingerprint density at radius 3 is 2.55 bits per heavy atom. The van der Waals surface area contributed by atoms with Gasteiger partial charge < -0.3 is 10.6 Å². The predicted octanol–water partition coefficient (Wildman–Crippen LogP) is 2.85. The summed E-state index contributed by atoms with van der Waals surface area (Å²) in [5.74, 6) is 1.84. The molecule has 1 aromatic rings. The van der Waals surface area contributed by atoms with Crippen molar-refractivity contribution in [3.63, 3.8) is 0 Å². The molecule has 0 saturated heterocycles. The maximum Gasteiger partial charge on any atom is 0.223 e. The van der Waals surface area contributed by atoms with Crippen molar-refractivity contribution in [1.82, 2.24) is 15.3 Å². The van der Waals surface area contributed by atoms with E-state index in [1.165, 1.54) is 25.7 Å². The Morgan fingerprint density at radius 1 is 1.14 bits per heavy atom. The largest absolute Gasteiger partial charge is 0.373 e. The monoisotopic (exact) mass is 302 g/mol. The SMILES string of the molecule is CNc1cc(C2CC(NC(=O)C3CCCCCC3)C2)ncn1. The zero-order valence-corrected chi connectivity index (χ0v) is 13.3. The summed E-state index contributed by atoms with van der Waals surface area (Å²) in [6.07, 6.45) is 10.7. The molecule has 2 N–H and O–H groups in total. The molecule has 0 atom stereocenters. The molecule has 5 heteroatoms. The third-order valence-electron chi connectivity index (χ3n) is 5.07. The average Bonchev–Trinajstić information content (AvgIpc) is 2.79. The van der Waals surface area contributed by atoms with Crippen LogP contribution in [0.2, 0.25) is 0 Å². The molecule has 2 aliphatic carbocycles. The Balaban J connectivity index is 1.47. The minimum absolute atomic E-state index is 0.247. The quantitative estimate of drug-likeness (QED) is 0.839. The van der Waals surface area contributed by atoms with Gasteiger partial charge in [-0.2, -0.15) is 0 Å². The maximum absolute atomic E-state index is 12.4. The van der Waals surface area contributed by atoms with Gasteiger partial charge in [-0.05, 0) is 25.7 Å². The summed E-state index contributed by atoms with van der Waals surface area (Å²) in [7, 11) is 1.86. The Hall–Kier alpha value is -1.65. The summed E-state index contributed by atoms with van der Waals surface area (Å²) in [6.45, 7) is 0. The molecule has 0 spiro atoms. The highest BCUT2D eigenvalue weighted by molar-refractivity contribution is 5.79. The first-order valence-corrected chi connectivity index (χ1v) is 8.56. The lowest BCUT2D eigenvalue weighted by molar-refractivity contribution is -0.126. The highest BCUT2D eigenvalue weighted by atomic mass is 16.1. The van der Waals surface area contributed by atoms with E-state index in [4.69, 9.17) is 0 Å². The first kappa shape index (κ1) is 15.3. The zero-order chi connectivity index (χ0) is 15.4. The van der Waals surface area contributed by atoms with Crippen molar-refractivity contribution in [2.45, 2.75) is 63.3 Å². The van der Waals surface area contributed by atoms with E-state index in [0.717, 1.165) is 37.2 Å². The van der Waals surface area contributed by atoms with Gasteiger partial charge in [0.2, 0.25) is 5.91 Å². The van der Waals surface area contributed by atoms with Crippen LogP contribution in [0.15, 0.2) is 12.4 Å². The number of carbonyl (C=O) groups excluding carboxylic acids is 1. The van der Waals surface area contributed by atoms with E-state index in [1.54, 1.807) is 6.33 Å². The second-order valence-corrected chi connectivity index (χ2v) is 6.64. The van der Waals surface area contributed by atoms with Crippen molar-refractivity contribution >= 4 is 11.7 Å². The summed E-state index contributed by atoms with van der Waals surface area (Å²) in [4.78, 5) is 20.9. The van der Waals surface area contributed by atoms with Gasteiger partial charge in [0, 0.05) is 36.7 Å². The third kappa shape index (κ3) is 3.57. The van der Waals surface area contributed by atoms with Crippen LogP contribution in [0, 0.1) is 5.92 Å². The Morgan fingerprint density at radius 2 is 1.86 bits per heavy atom. The lowest BCUT2D eigenvalue weighted by Crippen LogP contribution is -2.45. The lowest BCUT2D eigenvalue weighted by Gasteiger charge is -2.36. The smallest absolute Gasteiger partial charge is 0.223 e. The van der Waals surface area contributed by atoms with Crippen molar-refractivity contribution in [3.05, 3.63) is 18.1 Å². The molecule has 120 valence electrons. The average molecular weight is 302 g/mol. The highest BCUT2D eigenvalue weighted by Gasteiger charge is 2.33. The number of rotatable bonds is 4. The van der Waals surface area contributed by atoms with Crippen LogP contribution >= 0.6 is 0 Å². The molecule has 1 amide bonds. The number of anilines is 1. The molecule has 5 nitrogen and oxygen atoms in total. The molecule has 0 aliphatic heterocycles. The predicted molar refractivity (Wildman–Crippen MR) is 86.7 cm³/mol. The lowest BCUT2D eigenvalue weighted by atomic mass is 9.77. The van der Waals surface area contributed by atoms with Gasteiger partial charge in [-0.1, -0.05) is 25.7 Å². The number of aromatic nitrogens is 2. The van der Waals surface area contributed by atoms with Gasteiger partial charge in [0.05, 0.1) is 0 Å². The molecule has 22 heavy (non-hydrogen) atoms. The number of nitrogens with one attached hydrogen (secondary N) is 2. The molecule has 0 radical (unpaired) electrons. The van der Waals surface area contributed by atoms with E-state index in [0.29, 0.717) is 12.0 Å². The Kier molecular flexibility index (Phi) is 4.90. The van der Waals surface area contributed by atoms with Gasteiger partial charge in [-0.3, -0.25) is 4.79 Å². The number of amides is 1. The molecule has 0 unspecified atom stereocenters. The van der Waals surface area contributed by atoms with Gasteiger partial charge >= 0.3 is 0 Å². The van der Waals surface area contributed by atoms with Gasteiger partial charge in [0.1, 0.15) is 12.1 Å². The van der Waals surface area contributed by atoms with Crippen LogP contribution in [-0.4, -0.2) is 29.0 Å². The molecule has 2 aliphatic rings. The van der Waals surface area contributed by atoms with E-state index in [2.05, 4.69) is 20.6 Å². The Bertz CT molecular complexity index is 505. The molecule has 1 heterocycles. The van der Waals surface area contributed by atoms with Crippen LogP contribution in [0.5, 0.6) is 0 Å². The highest BCUT2D eigenvalue weighted by Crippen LogP contribution is 2.36. The summed E-state index contributed by atoms with van der Waals surface area (Å²) < 4.78 is 0. The topological polar surface area (TPSA) is 66.9 Å². The fraction of sp³-hybridized carbons (Fsp3) is 0.706. The second kappa shape index (κ2) is 7.07. The van der Waals surface area contributed by atoms with E-state index in [1.807, 2.05) is 13.1 Å². The molecule has 3 rings (SSSR count). The van der Waals surface area contributed by atoms with E-state index < -0.39 is 0 Å². The molecule has 2 fully saturated rings. The van der Waals surface area contributed by atoms with Crippen LogP contribution < -0.4 is 10.6 Å². The first-order chi connectivity index (χ1) is 10.8. The van der Waals surface area contributed by atoms with Gasteiger partial charge in [0.25, 0.3) is 0 Å². The van der Waals surface area contributed by atoms with Crippen LogP contribution in [0.25, 0.3) is 0 Å². The molecule has 2 saturated carbocycles. The van der Waals surface area contributed by atoms with Crippen LogP contribution in [-0.2, 0) is 4.79 Å². The van der Waals surface area contributed by atoms with E-state index in [-0.39, 0.29) is 11.8 Å². The first-order valence-electron chi connectivity index (χ1n) is 8.56.